The predicted molar refractivity (Wildman–Crippen MR) is 48.5 cm³/mol. The summed E-state index contributed by atoms with van der Waals surface area (Å²) in [6.07, 6.45) is 0. The van der Waals surface area contributed by atoms with Crippen molar-refractivity contribution in [2.45, 2.75) is 13.0 Å². The maximum Gasteiger partial charge on any atom is 0.162 e. The number of benzene rings is 1. The lowest BCUT2D eigenvalue weighted by atomic mass is 10.0. The zero-order chi connectivity index (χ0) is 10.0. The zero-order valence-corrected chi connectivity index (χ0v) is 7.36. The Morgan fingerprint density at radius 1 is 1.38 bits per heavy atom. The molecule has 4 nitrogen and oxygen atoms in total. The molecule has 0 spiro atoms. The van der Waals surface area contributed by atoms with Crippen LogP contribution in [0.4, 0.5) is 0 Å². The Morgan fingerprint density at radius 3 is 2.54 bits per heavy atom. The van der Waals surface area contributed by atoms with Gasteiger partial charge in [-0.05, 0) is 18.6 Å². The van der Waals surface area contributed by atoms with E-state index in [1.54, 1.807) is 13.0 Å². The highest BCUT2D eigenvalue weighted by molar-refractivity contribution is 5.48. The Morgan fingerprint density at radius 2 is 2.00 bits per heavy atom. The van der Waals surface area contributed by atoms with Crippen LogP contribution in [0.1, 0.15) is 17.2 Å². The van der Waals surface area contributed by atoms with E-state index in [-0.39, 0.29) is 18.1 Å². The van der Waals surface area contributed by atoms with Crippen molar-refractivity contribution >= 4 is 0 Å². The van der Waals surface area contributed by atoms with Crippen LogP contribution in [-0.2, 0) is 0 Å². The lowest BCUT2D eigenvalue weighted by Gasteiger charge is -2.12. The summed E-state index contributed by atoms with van der Waals surface area (Å²) in [5.74, 6) is -0.467. The number of phenolic OH excluding ortho intramolecular Hbond substituents is 2. The summed E-state index contributed by atoms with van der Waals surface area (Å²) in [5, 5.41) is 27.4. The van der Waals surface area contributed by atoms with Gasteiger partial charge in [0.2, 0.25) is 0 Å². The molecule has 0 radical (unpaired) electrons. The van der Waals surface area contributed by atoms with Crippen molar-refractivity contribution in [2.75, 3.05) is 6.61 Å². The zero-order valence-electron chi connectivity index (χ0n) is 7.36. The summed E-state index contributed by atoms with van der Waals surface area (Å²) in [4.78, 5) is 0. The summed E-state index contributed by atoms with van der Waals surface area (Å²) in [6.45, 7) is 1.50. The van der Waals surface area contributed by atoms with Gasteiger partial charge in [0.1, 0.15) is 0 Å². The van der Waals surface area contributed by atoms with Crippen molar-refractivity contribution < 1.29 is 15.3 Å². The van der Waals surface area contributed by atoms with Crippen LogP contribution in [0.2, 0.25) is 0 Å². The topological polar surface area (TPSA) is 86.7 Å². The second-order valence-corrected chi connectivity index (χ2v) is 3.01. The van der Waals surface area contributed by atoms with Crippen LogP contribution in [0, 0.1) is 6.92 Å². The fourth-order valence-electron chi connectivity index (χ4n) is 1.17. The van der Waals surface area contributed by atoms with Gasteiger partial charge in [-0.2, -0.15) is 0 Å². The maximum atomic E-state index is 9.38. The Balaban J connectivity index is 3.20. The van der Waals surface area contributed by atoms with Gasteiger partial charge in [0.05, 0.1) is 12.6 Å². The maximum absolute atomic E-state index is 9.38. The van der Waals surface area contributed by atoms with Crippen molar-refractivity contribution in [3.05, 3.63) is 23.3 Å². The molecular weight excluding hydrogens is 170 g/mol. The summed E-state index contributed by atoms with van der Waals surface area (Å²) in [7, 11) is 0. The first-order chi connectivity index (χ1) is 6.06. The number of aryl methyl sites for hydroxylation is 1. The van der Waals surface area contributed by atoms with E-state index < -0.39 is 6.04 Å². The summed E-state index contributed by atoms with van der Waals surface area (Å²) in [6, 6.07) is 2.41. The van der Waals surface area contributed by atoms with Crippen molar-refractivity contribution in [3.63, 3.8) is 0 Å². The highest BCUT2D eigenvalue weighted by Gasteiger charge is 2.13. The molecule has 13 heavy (non-hydrogen) atoms. The number of rotatable bonds is 2. The van der Waals surface area contributed by atoms with E-state index in [1.165, 1.54) is 6.07 Å². The van der Waals surface area contributed by atoms with Gasteiger partial charge >= 0.3 is 0 Å². The largest absolute Gasteiger partial charge is 0.504 e. The Bertz CT molecular complexity index is 312. The molecule has 1 aromatic carbocycles. The molecule has 0 fully saturated rings. The van der Waals surface area contributed by atoms with Crippen LogP contribution in [0.3, 0.4) is 0 Å². The van der Waals surface area contributed by atoms with E-state index >= 15 is 0 Å². The van der Waals surface area contributed by atoms with Gasteiger partial charge in [-0.25, -0.2) is 0 Å². The molecule has 0 aliphatic carbocycles. The Hall–Kier alpha value is -1.26. The number of aliphatic hydroxyl groups excluding tert-OH is 1. The van der Waals surface area contributed by atoms with E-state index in [9.17, 15) is 10.2 Å². The lowest BCUT2D eigenvalue weighted by molar-refractivity contribution is 0.264. The molecule has 0 aliphatic rings. The minimum Gasteiger partial charge on any atom is -0.504 e. The summed E-state index contributed by atoms with van der Waals surface area (Å²) in [5.41, 5.74) is 6.66. The first-order valence-electron chi connectivity index (χ1n) is 3.95. The first-order valence-corrected chi connectivity index (χ1v) is 3.95. The highest BCUT2D eigenvalue weighted by Crippen LogP contribution is 2.33. The third-order valence-corrected chi connectivity index (χ3v) is 1.86. The molecule has 0 aliphatic heterocycles. The molecule has 0 aromatic heterocycles. The smallest absolute Gasteiger partial charge is 0.162 e. The molecule has 0 saturated carbocycles. The Labute approximate surface area is 76.2 Å². The van der Waals surface area contributed by atoms with Crippen LogP contribution < -0.4 is 5.73 Å². The third-order valence-electron chi connectivity index (χ3n) is 1.86. The molecule has 0 saturated heterocycles. The molecule has 0 amide bonds. The molecule has 1 atom stereocenters. The van der Waals surface area contributed by atoms with Gasteiger partial charge in [-0.15, -0.1) is 0 Å². The van der Waals surface area contributed by atoms with Crippen LogP contribution in [0.5, 0.6) is 11.5 Å². The number of hydrogen-bond donors (Lipinski definition) is 4. The van der Waals surface area contributed by atoms with E-state index in [0.29, 0.717) is 5.56 Å². The number of hydrogen-bond acceptors (Lipinski definition) is 4. The number of aromatic hydroxyl groups is 2. The lowest BCUT2D eigenvalue weighted by Crippen LogP contribution is -2.14. The fourth-order valence-corrected chi connectivity index (χ4v) is 1.17. The van der Waals surface area contributed by atoms with Gasteiger partial charge in [-0.3, -0.25) is 0 Å². The van der Waals surface area contributed by atoms with Crippen LogP contribution in [0.15, 0.2) is 12.1 Å². The van der Waals surface area contributed by atoms with Crippen LogP contribution in [-0.4, -0.2) is 21.9 Å². The average molecular weight is 183 g/mol. The standard InChI is InChI=1S/C9H13NO3/c1-5-2-6(7(10)4-11)9(13)8(12)3-5/h2-3,7,11-13H,4,10H2,1H3/t7-/m1/s1. The average Bonchev–Trinajstić information content (AvgIpc) is 2.10. The molecule has 72 valence electrons. The molecule has 0 heterocycles. The van der Waals surface area contributed by atoms with E-state index in [1.807, 2.05) is 0 Å². The summed E-state index contributed by atoms with van der Waals surface area (Å²) >= 11 is 0. The molecular formula is C9H13NO3. The van der Waals surface area contributed by atoms with Crippen LogP contribution >= 0.6 is 0 Å². The number of nitrogens with two attached hydrogens (primary N) is 1. The second kappa shape index (κ2) is 3.64. The van der Waals surface area contributed by atoms with E-state index in [4.69, 9.17) is 10.8 Å². The monoisotopic (exact) mass is 183 g/mol. The first kappa shape index (κ1) is 9.83. The van der Waals surface area contributed by atoms with Gasteiger partial charge in [-0.1, -0.05) is 6.07 Å². The molecule has 5 N–H and O–H groups in total. The molecule has 0 unspecified atom stereocenters. The quantitative estimate of drug-likeness (QED) is 0.500. The highest BCUT2D eigenvalue weighted by atomic mass is 16.3. The minimum atomic E-state index is -0.661. The van der Waals surface area contributed by atoms with Crippen LogP contribution in [0.25, 0.3) is 0 Å². The van der Waals surface area contributed by atoms with Crippen molar-refractivity contribution in [2.24, 2.45) is 5.73 Å². The molecule has 1 rings (SSSR count). The summed E-state index contributed by atoms with van der Waals surface area (Å²) < 4.78 is 0. The van der Waals surface area contributed by atoms with Gasteiger partial charge < -0.3 is 21.1 Å². The normalized spacial score (nSPS) is 12.8. The number of phenols is 2. The van der Waals surface area contributed by atoms with Gasteiger partial charge in [0, 0.05) is 5.56 Å². The molecule has 4 heteroatoms. The number of aliphatic hydroxyl groups is 1. The second-order valence-electron chi connectivity index (χ2n) is 3.01. The minimum absolute atomic E-state index is 0.209. The van der Waals surface area contributed by atoms with Crippen molar-refractivity contribution in [3.8, 4) is 11.5 Å². The van der Waals surface area contributed by atoms with Crippen molar-refractivity contribution in [1.82, 2.24) is 0 Å². The third kappa shape index (κ3) is 1.91. The molecule has 1 aromatic rings. The van der Waals surface area contributed by atoms with Gasteiger partial charge in [0.25, 0.3) is 0 Å². The van der Waals surface area contributed by atoms with E-state index in [2.05, 4.69) is 0 Å². The SMILES string of the molecule is Cc1cc(O)c(O)c([C@H](N)CO)c1. The van der Waals surface area contributed by atoms with E-state index in [0.717, 1.165) is 5.56 Å². The Kier molecular flexibility index (Phi) is 2.75. The predicted octanol–water partition coefficient (Wildman–Crippen LogP) is 0.398. The van der Waals surface area contributed by atoms with Crippen molar-refractivity contribution in [1.29, 1.82) is 0 Å². The fraction of sp³-hybridized carbons (Fsp3) is 0.333. The van der Waals surface area contributed by atoms with Gasteiger partial charge in [0.15, 0.2) is 11.5 Å². The molecule has 0 bridgehead atoms.